The maximum Gasteiger partial charge on any atom is 0.184 e. The quantitative estimate of drug-likeness (QED) is 0.627. The fourth-order valence-electron chi connectivity index (χ4n) is 2.40. The minimum absolute atomic E-state index is 0.0424. The zero-order valence-corrected chi connectivity index (χ0v) is 8.36. The summed E-state index contributed by atoms with van der Waals surface area (Å²) in [6, 6.07) is 0. The number of hydrogen-bond donors (Lipinski definition) is 0. The predicted octanol–water partition coefficient (Wildman–Crippen LogP) is 1.56. The van der Waals surface area contributed by atoms with E-state index >= 15 is 0 Å². The van der Waals surface area contributed by atoms with E-state index in [-0.39, 0.29) is 6.29 Å². The lowest BCUT2D eigenvalue weighted by Crippen LogP contribution is -2.31. The van der Waals surface area contributed by atoms with E-state index in [0.717, 1.165) is 0 Å². The summed E-state index contributed by atoms with van der Waals surface area (Å²) in [5.41, 5.74) is 0. The van der Waals surface area contributed by atoms with E-state index in [1.165, 1.54) is 25.7 Å². The Bertz CT molecular complexity index is 172. The molecule has 4 atom stereocenters. The summed E-state index contributed by atoms with van der Waals surface area (Å²) >= 11 is 0. The second kappa shape index (κ2) is 3.95. The first-order valence-corrected chi connectivity index (χ1v) is 5.08. The smallest absolute Gasteiger partial charge is 0.184 e. The van der Waals surface area contributed by atoms with Crippen molar-refractivity contribution in [2.24, 2.45) is 5.92 Å². The zero-order valence-electron chi connectivity index (χ0n) is 8.36. The molecule has 76 valence electrons. The zero-order chi connectivity index (χ0) is 9.26. The van der Waals surface area contributed by atoms with Gasteiger partial charge >= 0.3 is 0 Å². The van der Waals surface area contributed by atoms with Crippen molar-refractivity contribution in [1.29, 1.82) is 0 Å². The van der Waals surface area contributed by atoms with Crippen LogP contribution in [0, 0.1) is 5.92 Å². The van der Waals surface area contributed by atoms with Crippen LogP contribution in [-0.2, 0) is 14.2 Å². The van der Waals surface area contributed by atoms with Crippen LogP contribution in [0.3, 0.4) is 0 Å². The van der Waals surface area contributed by atoms with Crippen molar-refractivity contribution in [1.82, 2.24) is 0 Å². The van der Waals surface area contributed by atoms with E-state index in [2.05, 4.69) is 0 Å². The van der Waals surface area contributed by atoms with Crippen molar-refractivity contribution in [3.8, 4) is 0 Å². The summed E-state index contributed by atoms with van der Waals surface area (Å²) in [6.45, 7) is 0. The number of epoxide rings is 1. The Morgan fingerprint density at radius 1 is 1.08 bits per heavy atom. The number of ether oxygens (including phenoxy) is 3. The molecule has 0 N–H and O–H groups in total. The Morgan fingerprint density at radius 2 is 1.85 bits per heavy atom. The van der Waals surface area contributed by atoms with Gasteiger partial charge in [-0.2, -0.15) is 0 Å². The molecule has 3 heteroatoms. The van der Waals surface area contributed by atoms with Crippen LogP contribution in [0.1, 0.15) is 25.7 Å². The van der Waals surface area contributed by atoms with E-state index in [1.54, 1.807) is 14.2 Å². The van der Waals surface area contributed by atoms with Crippen LogP contribution in [0.5, 0.6) is 0 Å². The predicted molar refractivity (Wildman–Crippen MR) is 48.4 cm³/mol. The first-order chi connectivity index (χ1) is 6.36. The second-order valence-corrected chi connectivity index (χ2v) is 3.93. The van der Waals surface area contributed by atoms with Gasteiger partial charge < -0.3 is 14.2 Å². The lowest BCUT2D eigenvalue weighted by atomic mass is 9.84. The molecule has 2 aliphatic rings. The maximum absolute atomic E-state index is 5.46. The lowest BCUT2D eigenvalue weighted by Gasteiger charge is -2.29. The van der Waals surface area contributed by atoms with Crippen LogP contribution in [0.2, 0.25) is 0 Å². The fourth-order valence-corrected chi connectivity index (χ4v) is 2.40. The molecule has 0 aromatic heterocycles. The van der Waals surface area contributed by atoms with Crippen molar-refractivity contribution in [2.75, 3.05) is 14.2 Å². The van der Waals surface area contributed by atoms with E-state index < -0.39 is 0 Å². The van der Waals surface area contributed by atoms with Crippen molar-refractivity contribution in [3.05, 3.63) is 0 Å². The molecule has 1 aliphatic heterocycles. The SMILES string of the molecule is COC1CCCCC1C1OC1OC. The van der Waals surface area contributed by atoms with Gasteiger partial charge in [-0.15, -0.1) is 0 Å². The number of methoxy groups -OCH3 is 2. The average molecular weight is 186 g/mol. The first kappa shape index (κ1) is 9.44. The third kappa shape index (κ3) is 1.87. The van der Waals surface area contributed by atoms with Gasteiger partial charge in [0.2, 0.25) is 0 Å². The molecule has 2 fully saturated rings. The van der Waals surface area contributed by atoms with Gasteiger partial charge in [-0.1, -0.05) is 12.8 Å². The Labute approximate surface area is 79.4 Å². The van der Waals surface area contributed by atoms with Gasteiger partial charge in [0.1, 0.15) is 6.10 Å². The van der Waals surface area contributed by atoms with Gasteiger partial charge in [-0.3, -0.25) is 0 Å². The van der Waals surface area contributed by atoms with Crippen LogP contribution in [0.4, 0.5) is 0 Å². The standard InChI is InChI=1S/C10H18O3/c1-11-8-6-4-3-5-7(8)9-10(12-2)13-9/h7-10H,3-6H2,1-2H3. The Morgan fingerprint density at radius 3 is 2.46 bits per heavy atom. The molecule has 1 aliphatic carbocycles. The van der Waals surface area contributed by atoms with Gasteiger partial charge in [0.05, 0.1) is 6.10 Å². The highest BCUT2D eigenvalue weighted by Crippen LogP contribution is 2.39. The van der Waals surface area contributed by atoms with Crippen molar-refractivity contribution < 1.29 is 14.2 Å². The number of hydrogen-bond acceptors (Lipinski definition) is 3. The van der Waals surface area contributed by atoms with Crippen molar-refractivity contribution >= 4 is 0 Å². The van der Waals surface area contributed by atoms with E-state index in [4.69, 9.17) is 14.2 Å². The lowest BCUT2D eigenvalue weighted by molar-refractivity contribution is 0.0121. The number of rotatable bonds is 3. The van der Waals surface area contributed by atoms with E-state index in [9.17, 15) is 0 Å². The van der Waals surface area contributed by atoms with Gasteiger partial charge in [-0.25, -0.2) is 0 Å². The van der Waals surface area contributed by atoms with E-state index in [0.29, 0.717) is 18.1 Å². The molecule has 1 saturated carbocycles. The van der Waals surface area contributed by atoms with Crippen molar-refractivity contribution in [2.45, 2.75) is 44.2 Å². The molecular formula is C10H18O3. The molecule has 0 aromatic rings. The van der Waals surface area contributed by atoms with Gasteiger partial charge in [-0.05, 0) is 12.8 Å². The third-order valence-corrected chi connectivity index (χ3v) is 3.19. The minimum atomic E-state index is 0.0424. The molecule has 4 unspecified atom stereocenters. The summed E-state index contributed by atoms with van der Waals surface area (Å²) < 4.78 is 16.0. The highest BCUT2D eigenvalue weighted by Gasteiger charge is 2.48. The normalized spacial score (nSPS) is 44.8. The van der Waals surface area contributed by atoms with E-state index in [1.807, 2.05) is 0 Å². The Hall–Kier alpha value is -0.120. The summed E-state index contributed by atoms with van der Waals surface area (Å²) in [4.78, 5) is 0. The average Bonchev–Trinajstić information content (AvgIpc) is 2.96. The van der Waals surface area contributed by atoms with Gasteiger partial charge in [0, 0.05) is 20.1 Å². The minimum Gasteiger partial charge on any atom is -0.381 e. The Balaban J connectivity index is 1.88. The maximum atomic E-state index is 5.46. The van der Waals surface area contributed by atoms with Crippen LogP contribution in [0.25, 0.3) is 0 Å². The summed E-state index contributed by atoms with van der Waals surface area (Å²) in [5, 5.41) is 0. The molecule has 0 spiro atoms. The summed E-state index contributed by atoms with van der Waals surface area (Å²) in [5.74, 6) is 0.559. The first-order valence-electron chi connectivity index (χ1n) is 5.08. The molecule has 0 bridgehead atoms. The highest BCUT2D eigenvalue weighted by molar-refractivity contribution is 4.91. The molecule has 3 nitrogen and oxygen atoms in total. The molecule has 1 saturated heterocycles. The second-order valence-electron chi connectivity index (χ2n) is 3.93. The summed E-state index contributed by atoms with van der Waals surface area (Å²) in [7, 11) is 3.50. The monoisotopic (exact) mass is 186 g/mol. The molecule has 1 heterocycles. The van der Waals surface area contributed by atoms with Gasteiger partial charge in [0.15, 0.2) is 6.29 Å². The van der Waals surface area contributed by atoms with Crippen LogP contribution < -0.4 is 0 Å². The Kier molecular flexibility index (Phi) is 2.86. The highest BCUT2D eigenvalue weighted by atomic mass is 16.8. The molecule has 0 aromatic carbocycles. The van der Waals surface area contributed by atoms with Gasteiger partial charge in [0.25, 0.3) is 0 Å². The fraction of sp³-hybridized carbons (Fsp3) is 1.00. The largest absolute Gasteiger partial charge is 0.381 e. The molecule has 0 amide bonds. The topological polar surface area (TPSA) is 31.0 Å². The molecule has 2 rings (SSSR count). The summed E-state index contributed by atoms with van der Waals surface area (Å²) in [6.07, 6.45) is 5.73. The van der Waals surface area contributed by atoms with Crippen LogP contribution >= 0.6 is 0 Å². The van der Waals surface area contributed by atoms with Crippen molar-refractivity contribution in [3.63, 3.8) is 0 Å². The molecular weight excluding hydrogens is 168 g/mol. The van der Waals surface area contributed by atoms with Crippen LogP contribution in [-0.4, -0.2) is 32.7 Å². The third-order valence-electron chi connectivity index (χ3n) is 3.19. The van der Waals surface area contributed by atoms with Crippen LogP contribution in [0.15, 0.2) is 0 Å². The molecule has 13 heavy (non-hydrogen) atoms. The molecule has 0 radical (unpaired) electrons.